The highest BCUT2D eigenvalue weighted by Crippen LogP contribution is 2.29. The van der Waals surface area contributed by atoms with Gasteiger partial charge in [-0.15, -0.1) is 0 Å². The van der Waals surface area contributed by atoms with Crippen molar-refractivity contribution in [2.45, 2.75) is 27.7 Å². The van der Waals surface area contributed by atoms with Crippen molar-refractivity contribution in [2.24, 2.45) is 0 Å². The van der Waals surface area contributed by atoms with Gasteiger partial charge < -0.3 is 0 Å². The second kappa shape index (κ2) is 6.58. The highest BCUT2D eigenvalue weighted by molar-refractivity contribution is 6.32. The standard InChI is InChI=1S/C18H21Cl/c1-7-15(10-14(6)12(2)3)17-11-16(13(4)5)8-9-18(17)19/h7-11H,2,4H2,1,3,5-6H3. The van der Waals surface area contributed by atoms with Crippen LogP contribution < -0.4 is 0 Å². The second-order valence-corrected chi connectivity index (χ2v) is 5.23. The number of halogens is 1. The highest BCUT2D eigenvalue weighted by Gasteiger charge is 2.06. The van der Waals surface area contributed by atoms with Gasteiger partial charge in [-0.3, -0.25) is 0 Å². The molecule has 0 amide bonds. The fraction of sp³-hybridized carbons (Fsp3) is 0.222. The molecule has 100 valence electrons. The zero-order valence-corrected chi connectivity index (χ0v) is 12.9. The summed E-state index contributed by atoms with van der Waals surface area (Å²) in [5.74, 6) is 0. The summed E-state index contributed by atoms with van der Waals surface area (Å²) in [4.78, 5) is 0. The lowest BCUT2D eigenvalue weighted by Crippen LogP contribution is -1.88. The molecule has 0 spiro atoms. The monoisotopic (exact) mass is 272 g/mol. The van der Waals surface area contributed by atoms with E-state index in [9.17, 15) is 0 Å². The molecule has 0 saturated carbocycles. The molecule has 19 heavy (non-hydrogen) atoms. The van der Waals surface area contributed by atoms with Gasteiger partial charge in [-0.05, 0) is 56.5 Å². The molecule has 0 unspecified atom stereocenters. The fourth-order valence-corrected chi connectivity index (χ4v) is 1.91. The molecule has 0 nitrogen and oxygen atoms in total. The van der Waals surface area contributed by atoms with E-state index >= 15 is 0 Å². The molecule has 0 radical (unpaired) electrons. The largest absolute Gasteiger partial charge is 0.0958 e. The summed E-state index contributed by atoms with van der Waals surface area (Å²) in [6.07, 6.45) is 4.18. The lowest BCUT2D eigenvalue weighted by molar-refractivity contribution is 1.36. The molecule has 0 fully saturated rings. The van der Waals surface area contributed by atoms with Gasteiger partial charge in [0.05, 0.1) is 0 Å². The molecule has 0 aliphatic rings. The van der Waals surface area contributed by atoms with Crippen molar-refractivity contribution >= 4 is 22.7 Å². The van der Waals surface area contributed by atoms with Crippen LogP contribution in [0, 0.1) is 0 Å². The fourth-order valence-electron chi connectivity index (χ4n) is 1.68. The minimum absolute atomic E-state index is 0.754. The molecule has 0 aromatic heterocycles. The second-order valence-electron chi connectivity index (χ2n) is 4.83. The quantitative estimate of drug-likeness (QED) is 0.564. The summed E-state index contributed by atoms with van der Waals surface area (Å²) >= 11 is 6.32. The molecule has 0 bridgehead atoms. The molecule has 0 aliphatic heterocycles. The van der Waals surface area contributed by atoms with Gasteiger partial charge in [0.2, 0.25) is 0 Å². The molecule has 0 aliphatic carbocycles. The van der Waals surface area contributed by atoms with E-state index < -0.39 is 0 Å². The Morgan fingerprint density at radius 3 is 2.26 bits per heavy atom. The number of rotatable bonds is 4. The van der Waals surface area contributed by atoms with Crippen molar-refractivity contribution in [1.29, 1.82) is 0 Å². The number of allylic oxidation sites excluding steroid dienone is 6. The topological polar surface area (TPSA) is 0 Å². The van der Waals surface area contributed by atoms with E-state index in [1.807, 2.05) is 32.9 Å². The average Bonchev–Trinajstić information content (AvgIpc) is 2.36. The first-order chi connectivity index (χ1) is 8.86. The molecule has 1 aromatic rings. The normalized spacial score (nSPS) is 12.5. The van der Waals surface area contributed by atoms with E-state index in [0.717, 1.165) is 38.4 Å². The van der Waals surface area contributed by atoms with Crippen molar-refractivity contribution < 1.29 is 0 Å². The predicted octanol–water partition coefficient (Wildman–Crippen LogP) is 6.30. The average molecular weight is 273 g/mol. The number of hydrogen-bond donors (Lipinski definition) is 0. The maximum Gasteiger partial charge on any atom is 0.0484 e. The molecular formula is C18H21Cl. The SMILES string of the molecule is C=C(C)C(C)=CC(=CC)c1cc(C(=C)C)ccc1Cl. The third kappa shape index (κ3) is 3.97. The molecule has 0 heterocycles. The van der Waals surface area contributed by atoms with Crippen LogP contribution in [0.15, 0.2) is 54.7 Å². The minimum Gasteiger partial charge on any atom is -0.0958 e. The summed E-state index contributed by atoms with van der Waals surface area (Å²) in [6.45, 7) is 16.0. The minimum atomic E-state index is 0.754. The van der Waals surface area contributed by atoms with Crippen LogP contribution in [0.3, 0.4) is 0 Å². The van der Waals surface area contributed by atoms with Gasteiger partial charge in [0.15, 0.2) is 0 Å². The lowest BCUT2D eigenvalue weighted by Gasteiger charge is -2.10. The first-order valence-corrected chi connectivity index (χ1v) is 6.71. The van der Waals surface area contributed by atoms with E-state index in [1.54, 1.807) is 0 Å². The van der Waals surface area contributed by atoms with Crippen LogP contribution in [0.4, 0.5) is 0 Å². The van der Waals surface area contributed by atoms with Crippen LogP contribution in [-0.4, -0.2) is 0 Å². The third-order valence-electron chi connectivity index (χ3n) is 3.13. The Hall–Kier alpha value is -1.53. The summed E-state index contributed by atoms with van der Waals surface area (Å²) in [5.41, 5.74) is 6.50. The smallest absolute Gasteiger partial charge is 0.0484 e. The van der Waals surface area contributed by atoms with E-state index in [1.165, 1.54) is 0 Å². The third-order valence-corrected chi connectivity index (χ3v) is 3.46. The van der Waals surface area contributed by atoms with E-state index in [2.05, 4.69) is 38.3 Å². The summed E-state index contributed by atoms with van der Waals surface area (Å²) in [6, 6.07) is 6.01. The van der Waals surface area contributed by atoms with Gasteiger partial charge in [0.1, 0.15) is 0 Å². The van der Waals surface area contributed by atoms with Crippen LogP contribution >= 0.6 is 11.6 Å². The Labute approximate surface area is 121 Å². The summed E-state index contributed by atoms with van der Waals surface area (Å²) in [5, 5.41) is 0.754. The summed E-state index contributed by atoms with van der Waals surface area (Å²) in [7, 11) is 0. The Morgan fingerprint density at radius 2 is 1.79 bits per heavy atom. The van der Waals surface area contributed by atoms with Crippen LogP contribution in [0.5, 0.6) is 0 Å². The maximum atomic E-state index is 6.32. The lowest BCUT2D eigenvalue weighted by atomic mass is 9.97. The number of hydrogen-bond acceptors (Lipinski definition) is 0. The van der Waals surface area contributed by atoms with Gasteiger partial charge in [0.25, 0.3) is 0 Å². The Balaban J connectivity index is 3.34. The highest BCUT2D eigenvalue weighted by atomic mass is 35.5. The van der Waals surface area contributed by atoms with Crippen molar-refractivity contribution in [3.05, 3.63) is 70.8 Å². The van der Waals surface area contributed by atoms with Gasteiger partial charge in [-0.1, -0.05) is 54.1 Å². The molecular weight excluding hydrogens is 252 g/mol. The maximum absolute atomic E-state index is 6.32. The van der Waals surface area contributed by atoms with Crippen molar-refractivity contribution in [3.8, 4) is 0 Å². The van der Waals surface area contributed by atoms with Crippen LogP contribution in [0.2, 0.25) is 5.02 Å². The van der Waals surface area contributed by atoms with E-state index in [-0.39, 0.29) is 0 Å². The van der Waals surface area contributed by atoms with E-state index in [0.29, 0.717) is 0 Å². The van der Waals surface area contributed by atoms with E-state index in [4.69, 9.17) is 11.6 Å². The zero-order chi connectivity index (χ0) is 14.6. The van der Waals surface area contributed by atoms with Gasteiger partial charge in [0, 0.05) is 10.6 Å². The first-order valence-electron chi connectivity index (χ1n) is 6.33. The van der Waals surface area contributed by atoms with Gasteiger partial charge in [-0.2, -0.15) is 0 Å². The molecule has 1 rings (SSSR count). The molecule has 0 N–H and O–H groups in total. The Kier molecular flexibility index (Phi) is 5.38. The van der Waals surface area contributed by atoms with Crippen LogP contribution in [0.1, 0.15) is 38.8 Å². The van der Waals surface area contributed by atoms with Crippen molar-refractivity contribution in [1.82, 2.24) is 0 Å². The van der Waals surface area contributed by atoms with Crippen LogP contribution in [-0.2, 0) is 0 Å². The van der Waals surface area contributed by atoms with Crippen LogP contribution in [0.25, 0.3) is 11.1 Å². The molecule has 0 saturated heterocycles. The van der Waals surface area contributed by atoms with Gasteiger partial charge >= 0.3 is 0 Å². The molecule has 1 aromatic carbocycles. The van der Waals surface area contributed by atoms with Crippen molar-refractivity contribution in [2.75, 3.05) is 0 Å². The number of benzene rings is 1. The predicted molar refractivity (Wildman–Crippen MR) is 88.4 cm³/mol. The van der Waals surface area contributed by atoms with Gasteiger partial charge in [-0.25, -0.2) is 0 Å². The summed E-state index contributed by atoms with van der Waals surface area (Å²) < 4.78 is 0. The zero-order valence-electron chi connectivity index (χ0n) is 12.2. The Bertz CT molecular complexity index is 571. The molecule has 1 heteroatoms. The first kappa shape index (κ1) is 15.5. The Morgan fingerprint density at radius 1 is 1.16 bits per heavy atom. The van der Waals surface area contributed by atoms with Crippen molar-refractivity contribution in [3.63, 3.8) is 0 Å². The molecule has 0 atom stereocenters.